The van der Waals surface area contributed by atoms with Crippen molar-refractivity contribution in [3.63, 3.8) is 0 Å². The number of nitrogens with one attached hydrogen (secondary N) is 1. The molecule has 1 atom stereocenters. The quantitative estimate of drug-likeness (QED) is 0.865. The maximum absolute atomic E-state index is 13.0. The summed E-state index contributed by atoms with van der Waals surface area (Å²) in [6.45, 7) is 2.75. The Morgan fingerprint density at radius 3 is 2.88 bits per heavy atom. The number of hydrogen-bond donors (Lipinski definition) is 1. The molecule has 3 heterocycles. The van der Waals surface area contributed by atoms with Crippen LogP contribution in [0.2, 0.25) is 0 Å². The Hall–Kier alpha value is -2.00. The van der Waals surface area contributed by atoms with Crippen molar-refractivity contribution in [1.82, 2.24) is 24.4 Å². The summed E-state index contributed by atoms with van der Waals surface area (Å²) < 4.78 is 27.0. The van der Waals surface area contributed by atoms with E-state index < -0.39 is 10.0 Å². The molecule has 8 nitrogen and oxygen atoms in total. The molecule has 1 fully saturated rings. The molecule has 0 spiro atoms. The van der Waals surface area contributed by atoms with Gasteiger partial charge in [0.2, 0.25) is 10.0 Å². The molecule has 0 aliphatic carbocycles. The molecular formula is C16H23N5O3S. The fraction of sp³-hybridized carbons (Fsp3) is 0.562. The number of pyridine rings is 1. The third kappa shape index (κ3) is 3.82. The monoisotopic (exact) mass is 365 g/mol. The third-order valence-electron chi connectivity index (χ3n) is 4.58. The summed E-state index contributed by atoms with van der Waals surface area (Å²) in [6, 6.07) is 1.68. The van der Waals surface area contributed by atoms with Crippen LogP contribution in [0.5, 0.6) is 0 Å². The van der Waals surface area contributed by atoms with Crippen molar-refractivity contribution in [3.05, 3.63) is 23.5 Å². The maximum Gasteiger partial charge on any atom is 0.255 e. The highest BCUT2D eigenvalue weighted by Gasteiger charge is 2.28. The van der Waals surface area contributed by atoms with E-state index in [4.69, 9.17) is 0 Å². The summed E-state index contributed by atoms with van der Waals surface area (Å²) in [5.41, 5.74) is 2.08. The highest BCUT2D eigenvalue weighted by molar-refractivity contribution is 7.88. The van der Waals surface area contributed by atoms with E-state index in [1.807, 2.05) is 20.0 Å². The summed E-state index contributed by atoms with van der Waals surface area (Å²) in [5, 5.41) is 5.18. The number of amides is 1. The Kier molecular flexibility index (Phi) is 4.79. The summed E-state index contributed by atoms with van der Waals surface area (Å²) in [6.07, 6.45) is 5.39. The Morgan fingerprint density at radius 1 is 1.40 bits per heavy atom. The lowest BCUT2D eigenvalue weighted by Crippen LogP contribution is -2.49. The van der Waals surface area contributed by atoms with Crippen LogP contribution in [0.1, 0.15) is 35.3 Å². The highest BCUT2D eigenvalue weighted by Crippen LogP contribution is 2.22. The lowest BCUT2D eigenvalue weighted by Gasteiger charge is -2.35. The van der Waals surface area contributed by atoms with Gasteiger partial charge in [-0.15, -0.1) is 0 Å². The molecule has 25 heavy (non-hydrogen) atoms. The number of fused-ring (bicyclic) bond motifs is 1. The van der Waals surface area contributed by atoms with Crippen molar-refractivity contribution in [2.45, 2.75) is 32.2 Å². The zero-order chi connectivity index (χ0) is 18.2. The number of aromatic nitrogens is 3. The third-order valence-corrected chi connectivity index (χ3v) is 5.27. The van der Waals surface area contributed by atoms with Crippen molar-refractivity contribution in [2.75, 3.05) is 19.3 Å². The van der Waals surface area contributed by atoms with Crippen LogP contribution in [0.4, 0.5) is 0 Å². The molecule has 2 aromatic heterocycles. The predicted octanol–water partition coefficient (Wildman–Crippen LogP) is 0.821. The van der Waals surface area contributed by atoms with E-state index >= 15 is 0 Å². The molecule has 1 N–H and O–H groups in total. The molecule has 0 bridgehead atoms. The van der Waals surface area contributed by atoms with Crippen LogP contribution in [0, 0.1) is 6.92 Å². The second-order valence-electron chi connectivity index (χ2n) is 6.57. The number of sulfonamides is 1. The lowest BCUT2D eigenvalue weighted by molar-refractivity contribution is 0.0618. The number of carbonyl (C=O) groups excluding carboxylic acids is 1. The van der Waals surface area contributed by atoms with Crippen LogP contribution in [0.25, 0.3) is 11.0 Å². The zero-order valence-electron chi connectivity index (χ0n) is 14.7. The van der Waals surface area contributed by atoms with Crippen LogP contribution in [-0.2, 0) is 17.1 Å². The van der Waals surface area contributed by atoms with Crippen molar-refractivity contribution in [1.29, 1.82) is 0 Å². The second kappa shape index (κ2) is 6.72. The molecule has 2 aromatic rings. The first-order chi connectivity index (χ1) is 11.8. The van der Waals surface area contributed by atoms with Gasteiger partial charge in [-0.3, -0.25) is 9.48 Å². The molecule has 1 unspecified atom stereocenters. The minimum Gasteiger partial charge on any atom is -0.334 e. The molecule has 0 aromatic carbocycles. The Bertz CT molecular complexity index is 906. The van der Waals surface area contributed by atoms with Crippen molar-refractivity contribution < 1.29 is 13.2 Å². The second-order valence-corrected chi connectivity index (χ2v) is 8.41. The number of rotatable bonds is 4. The first kappa shape index (κ1) is 17.8. The number of carbonyl (C=O) groups is 1. The van der Waals surface area contributed by atoms with Gasteiger partial charge in [0, 0.05) is 37.8 Å². The Balaban J connectivity index is 1.85. The van der Waals surface area contributed by atoms with Gasteiger partial charge in [-0.05, 0) is 32.3 Å². The standard InChI is InChI=1S/C16H23N5O3S/c1-11-14-8-12(9-17-15(14)20(2)19-11)16(22)21-7-5-4-6-13(21)10-18-25(3,23)24/h8-9,13,18H,4-7,10H2,1-3H3. The van der Waals surface area contributed by atoms with Crippen LogP contribution >= 0.6 is 0 Å². The van der Waals surface area contributed by atoms with Gasteiger partial charge >= 0.3 is 0 Å². The van der Waals surface area contributed by atoms with Gasteiger partial charge in [-0.25, -0.2) is 18.1 Å². The lowest BCUT2D eigenvalue weighted by atomic mass is 10.0. The van der Waals surface area contributed by atoms with Crippen molar-refractivity contribution in [2.24, 2.45) is 7.05 Å². The zero-order valence-corrected chi connectivity index (χ0v) is 15.5. The average Bonchev–Trinajstić information content (AvgIpc) is 2.86. The van der Waals surface area contributed by atoms with Crippen LogP contribution in [0.15, 0.2) is 12.3 Å². The van der Waals surface area contributed by atoms with Gasteiger partial charge in [0.05, 0.1) is 17.5 Å². The maximum atomic E-state index is 13.0. The first-order valence-electron chi connectivity index (χ1n) is 8.31. The topological polar surface area (TPSA) is 97.2 Å². The van der Waals surface area contributed by atoms with Gasteiger partial charge in [0.15, 0.2) is 5.65 Å². The van der Waals surface area contributed by atoms with E-state index in [2.05, 4.69) is 14.8 Å². The smallest absolute Gasteiger partial charge is 0.255 e. The molecule has 1 amide bonds. The SMILES string of the molecule is Cc1nn(C)c2ncc(C(=O)N3CCCCC3CNS(C)(=O)=O)cc12. The normalized spacial score (nSPS) is 18.7. The summed E-state index contributed by atoms with van der Waals surface area (Å²) >= 11 is 0. The van der Waals surface area contributed by atoms with Gasteiger partial charge in [0.25, 0.3) is 5.91 Å². The van der Waals surface area contributed by atoms with Crippen LogP contribution in [-0.4, -0.2) is 59.4 Å². The number of aryl methyl sites for hydroxylation is 2. The Morgan fingerprint density at radius 2 is 2.16 bits per heavy atom. The number of likely N-dealkylation sites (tertiary alicyclic amines) is 1. The van der Waals surface area contributed by atoms with Gasteiger partial charge in [-0.2, -0.15) is 5.10 Å². The molecule has 136 valence electrons. The van der Waals surface area contributed by atoms with E-state index in [0.717, 1.165) is 42.2 Å². The van der Waals surface area contributed by atoms with Crippen LogP contribution < -0.4 is 4.72 Å². The first-order valence-corrected chi connectivity index (χ1v) is 10.2. The van der Waals surface area contributed by atoms with Gasteiger partial charge < -0.3 is 4.90 Å². The van der Waals surface area contributed by atoms with Crippen molar-refractivity contribution >= 4 is 27.0 Å². The molecule has 0 saturated carbocycles. The fourth-order valence-electron chi connectivity index (χ4n) is 3.32. The summed E-state index contributed by atoms with van der Waals surface area (Å²) in [5.74, 6) is -0.113. The molecule has 1 aliphatic rings. The fourth-order valence-corrected chi connectivity index (χ4v) is 3.81. The van der Waals surface area contributed by atoms with E-state index in [-0.39, 0.29) is 18.5 Å². The Labute approximate surface area is 147 Å². The number of nitrogens with zero attached hydrogens (tertiary/aromatic N) is 4. The van der Waals surface area contributed by atoms with E-state index in [1.165, 1.54) is 0 Å². The van der Waals surface area contributed by atoms with E-state index in [1.54, 1.807) is 15.8 Å². The molecule has 1 saturated heterocycles. The molecule has 9 heteroatoms. The average molecular weight is 365 g/mol. The molecule has 0 radical (unpaired) electrons. The minimum absolute atomic E-state index is 0.113. The van der Waals surface area contributed by atoms with Crippen LogP contribution in [0.3, 0.4) is 0 Å². The number of hydrogen-bond acceptors (Lipinski definition) is 5. The highest BCUT2D eigenvalue weighted by atomic mass is 32.2. The largest absolute Gasteiger partial charge is 0.334 e. The summed E-state index contributed by atoms with van der Waals surface area (Å²) in [4.78, 5) is 19.1. The van der Waals surface area contributed by atoms with E-state index in [9.17, 15) is 13.2 Å². The molecule has 3 rings (SSSR count). The van der Waals surface area contributed by atoms with Gasteiger partial charge in [-0.1, -0.05) is 0 Å². The molecule has 1 aliphatic heterocycles. The van der Waals surface area contributed by atoms with Gasteiger partial charge in [0.1, 0.15) is 0 Å². The molecular weight excluding hydrogens is 342 g/mol. The predicted molar refractivity (Wildman–Crippen MR) is 94.8 cm³/mol. The van der Waals surface area contributed by atoms with E-state index in [0.29, 0.717) is 12.1 Å². The number of piperidine rings is 1. The minimum atomic E-state index is -3.28. The van der Waals surface area contributed by atoms with Crippen molar-refractivity contribution in [3.8, 4) is 0 Å². The summed E-state index contributed by atoms with van der Waals surface area (Å²) in [7, 11) is -1.46.